The zero-order valence-corrected chi connectivity index (χ0v) is 11.4. The van der Waals surface area contributed by atoms with Crippen LogP contribution < -0.4 is 5.32 Å². The van der Waals surface area contributed by atoms with Crippen LogP contribution in [-0.2, 0) is 11.3 Å². The van der Waals surface area contributed by atoms with Gasteiger partial charge in [0.25, 0.3) is 0 Å². The largest absolute Gasteiger partial charge is 0.464 e. The first kappa shape index (κ1) is 13.1. The molecule has 18 heavy (non-hydrogen) atoms. The molecule has 2 rings (SSSR count). The first-order valence-corrected chi connectivity index (χ1v) is 6.67. The van der Waals surface area contributed by atoms with Crippen LogP contribution in [-0.4, -0.2) is 29.4 Å². The molecule has 1 saturated heterocycles. The zero-order chi connectivity index (χ0) is 13.1. The number of hydrogen-bond donors (Lipinski definition) is 1. The van der Waals surface area contributed by atoms with Crippen LogP contribution in [0.15, 0.2) is 16.5 Å². The van der Waals surface area contributed by atoms with E-state index in [-0.39, 0.29) is 18.0 Å². The Morgan fingerprint density at radius 2 is 2.33 bits per heavy atom. The molecule has 1 fully saturated rings. The van der Waals surface area contributed by atoms with E-state index in [2.05, 4.69) is 5.32 Å². The van der Waals surface area contributed by atoms with E-state index in [1.165, 1.54) is 0 Å². The standard InChI is InChI=1S/C14H22N2O2/c1-10(2)16(9-12-7-6-11(3)18-12)14(17)13-5-4-8-15-13/h6-7,10,13,15H,4-5,8-9H2,1-3H3. The average Bonchev–Trinajstić information content (AvgIpc) is 2.95. The highest BCUT2D eigenvalue weighted by Gasteiger charge is 2.28. The summed E-state index contributed by atoms with van der Waals surface area (Å²) in [6.45, 7) is 7.51. The van der Waals surface area contributed by atoms with Crippen LogP contribution in [0.5, 0.6) is 0 Å². The Morgan fingerprint density at radius 1 is 1.56 bits per heavy atom. The SMILES string of the molecule is Cc1ccc(CN(C(=O)C2CCCN2)C(C)C)o1. The summed E-state index contributed by atoms with van der Waals surface area (Å²) < 4.78 is 5.56. The third-order valence-electron chi connectivity index (χ3n) is 3.39. The average molecular weight is 250 g/mol. The van der Waals surface area contributed by atoms with Gasteiger partial charge in [0.15, 0.2) is 0 Å². The smallest absolute Gasteiger partial charge is 0.240 e. The molecule has 4 nitrogen and oxygen atoms in total. The number of hydrogen-bond acceptors (Lipinski definition) is 3. The molecule has 1 unspecified atom stereocenters. The van der Waals surface area contributed by atoms with E-state index in [1.54, 1.807) is 0 Å². The highest BCUT2D eigenvalue weighted by molar-refractivity contribution is 5.82. The Morgan fingerprint density at radius 3 is 2.83 bits per heavy atom. The summed E-state index contributed by atoms with van der Waals surface area (Å²) in [6.07, 6.45) is 2.03. The predicted molar refractivity (Wildman–Crippen MR) is 70.2 cm³/mol. The molecule has 0 bridgehead atoms. The molecular formula is C14H22N2O2. The molecule has 1 amide bonds. The topological polar surface area (TPSA) is 45.5 Å². The maximum Gasteiger partial charge on any atom is 0.240 e. The molecule has 2 heterocycles. The van der Waals surface area contributed by atoms with Crippen LogP contribution in [0, 0.1) is 6.92 Å². The summed E-state index contributed by atoms with van der Waals surface area (Å²) in [7, 11) is 0. The maximum absolute atomic E-state index is 12.4. The molecule has 1 aromatic rings. The number of rotatable bonds is 4. The maximum atomic E-state index is 12.4. The van der Waals surface area contributed by atoms with Gasteiger partial charge in [-0.15, -0.1) is 0 Å². The van der Waals surface area contributed by atoms with Crippen molar-refractivity contribution in [2.45, 2.75) is 52.2 Å². The summed E-state index contributed by atoms with van der Waals surface area (Å²) in [5.41, 5.74) is 0. The van der Waals surface area contributed by atoms with E-state index in [4.69, 9.17) is 4.42 Å². The van der Waals surface area contributed by atoms with Crippen molar-refractivity contribution in [2.75, 3.05) is 6.54 Å². The quantitative estimate of drug-likeness (QED) is 0.890. The highest BCUT2D eigenvalue weighted by atomic mass is 16.3. The first-order chi connectivity index (χ1) is 8.58. The van der Waals surface area contributed by atoms with Gasteiger partial charge in [0, 0.05) is 6.04 Å². The minimum Gasteiger partial charge on any atom is -0.464 e. The summed E-state index contributed by atoms with van der Waals surface area (Å²) in [4.78, 5) is 14.3. The molecule has 1 N–H and O–H groups in total. The lowest BCUT2D eigenvalue weighted by Gasteiger charge is -2.28. The molecule has 0 aliphatic carbocycles. The molecule has 4 heteroatoms. The summed E-state index contributed by atoms with van der Waals surface area (Å²) >= 11 is 0. The van der Waals surface area contributed by atoms with Gasteiger partial charge in [-0.1, -0.05) is 0 Å². The molecule has 100 valence electrons. The number of nitrogens with zero attached hydrogens (tertiary/aromatic N) is 1. The lowest BCUT2D eigenvalue weighted by molar-refractivity contribution is -0.135. The highest BCUT2D eigenvalue weighted by Crippen LogP contribution is 2.16. The summed E-state index contributed by atoms with van der Waals surface area (Å²) in [5.74, 6) is 1.93. The molecule has 0 radical (unpaired) electrons. The minimum absolute atomic E-state index is 0.0107. The van der Waals surface area contributed by atoms with Crippen LogP contribution in [0.4, 0.5) is 0 Å². The van der Waals surface area contributed by atoms with Crippen LogP contribution in [0.25, 0.3) is 0 Å². The fraction of sp³-hybridized carbons (Fsp3) is 0.643. The van der Waals surface area contributed by atoms with Crippen molar-refractivity contribution in [2.24, 2.45) is 0 Å². The molecule has 1 aliphatic heterocycles. The van der Waals surface area contributed by atoms with Gasteiger partial charge in [-0.3, -0.25) is 4.79 Å². The number of furan rings is 1. The normalized spacial score (nSPS) is 19.4. The summed E-state index contributed by atoms with van der Waals surface area (Å²) in [6, 6.07) is 4.06. The van der Waals surface area contributed by atoms with E-state index >= 15 is 0 Å². The van der Waals surface area contributed by atoms with Crippen LogP contribution in [0.2, 0.25) is 0 Å². The number of aryl methyl sites for hydroxylation is 1. The van der Waals surface area contributed by atoms with Gasteiger partial charge >= 0.3 is 0 Å². The number of carbonyl (C=O) groups is 1. The van der Waals surface area contributed by atoms with E-state index in [0.29, 0.717) is 6.54 Å². The number of carbonyl (C=O) groups excluding carboxylic acids is 1. The van der Waals surface area contributed by atoms with Crippen LogP contribution >= 0.6 is 0 Å². The van der Waals surface area contributed by atoms with Gasteiger partial charge in [-0.25, -0.2) is 0 Å². The number of amides is 1. The van der Waals surface area contributed by atoms with Crippen molar-refractivity contribution in [3.05, 3.63) is 23.7 Å². The third kappa shape index (κ3) is 2.93. The second-order valence-electron chi connectivity index (χ2n) is 5.22. The van der Waals surface area contributed by atoms with E-state index in [9.17, 15) is 4.79 Å². The van der Waals surface area contributed by atoms with E-state index in [1.807, 2.05) is 37.8 Å². The molecule has 1 aromatic heterocycles. The molecule has 0 spiro atoms. The van der Waals surface area contributed by atoms with Crippen molar-refractivity contribution >= 4 is 5.91 Å². The van der Waals surface area contributed by atoms with Gasteiger partial charge in [-0.05, 0) is 52.3 Å². The van der Waals surface area contributed by atoms with Crippen LogP contribution in [0.3, 0.4) is 0 Å². The zero-order valence-electron chi connectivity index (χ0n) is 11.4. The van der Waals surface area contributed by atoms with Crippen molar-refractivity contribution in [1.82, 2.24) is 10.2 Å². The van der Waals surface area contributed by atoms with E-state index < -0.39 is 0 Å². The minimum atomic E-state index is -0.0107. The first-order valence-electron chi connectivity index (χ1n) is 6.67. The fourth-order valence-corrected chi connectivity index (χ4v) is 2.35. The monoisotopic (exact) mass is 250 g/mol. The van der Waals surface area contributed by atoms with Gasteiger partial charge < -0.3 is 14.6 Å². The Bertz CT molecular complexity index is 406. The second-order valence-corrected chi connectivity index (χ2v) is 5.22. The van der Waals surface area contributed by atoms with Crippen molar-refractivity contribution in [3.8, 4) is 0 Å². The Hall–Kier alpha value is -1.29. The lowest BCUT2D eigenvalue weighted by Crippen LogP contribution is -2.46. The van der Waals surface area contributed by atoms with Gasteiger partial charge in [0.1, 0.15) is 11.5 Å². The van der Waals surface area contributed by atoms with Crippen molar-refractivity contribution in [1.29, 1.82) is 0 Å². The predicted octanol–water partition coefficient (Wildman–Crippen LogP) is 2.08. The fourth-order valence-electron chi connectivity index (χ4n) is 2.35. The molecule has 1 aliphatic rings. The number of nitrogens with one attached hydrogen (secondary N) is 1. The Balaban J connectivity index is 2.05. The van der Waals surface area contributed by atoms with Gasteiger partial charge in [-0.2, -0.15) is 0 Å². The lowest BCUT2D eigenvalue weighted by atomic mass is 10.1. The molecular weight excluding hydrogens is 228 g/mol. The summed E-state index contributed by atoms with van der Waals surface area (Å²) in [5, 5.41) is 3.26. The molecule has 0 aromatic carbocycles. The van der Waals surface area contributed by atoms with Crippen molar-refractivity contribution in [3.63, 3.8) is 0 Å². The third-order valence-corrected chi connectivity index (χ3v) is 3.39. The van der Waals surface area contributed by atoms with Crippen molar-refractivity contribution < 1.29 is 9.21 Å². The second kappa shape index (κ2) is 5.57. The Labute approximate surface area is 108 Å². The van der Waals surface area contributed by atoms with Gasteiger partial charge in [0.2, 0.25) is 5.91 Å². The Kier molecular flexibility index (Phi) is 4.07. The van der Waals surface area contributed by atoms with Crippen LogP contribution in [0.1, 0.15) is 38.2 Å². The molecule has 1 atom stereocenters. The van der Waals surface area contributed by atoms with E-state index in [0.717, 1.165) is 30.9 Å². The van der Waals surface area contributed by atoms with Gasteiger partial charge in [0.05, 0.1) is 12.6 Å². The molecule has 0 saturated carbocycles.